The van der Waals surface area contributed by atoms with Crippen LogP contribution in [0.25, 0.3) is 0 Å². The molecule has 0 aliphatic rings. The quantitative estimate of drug-likeness (QED) is 0.0817. The second-order valence-electron chi connectivity index (χ2n) is 5.74. The summed E-state index contributed by atoms with van der Waals surface area (Å²) in [6, 6.07) is 0. The van der Waals surface area contributed by atoms with E-state index in [1.54, 1.807) is 0 Å². The van der Waals surface area contributed by atoms with Gasteiger partial charge in [0.1, 0.15) is 0 Å². The monoisotopic (exact) mass is 631 g/mol. The van der Waals surface area contributed by atoms with Gasteiger partial charge in [0.15, 0.2) is 17.7 Å². The van der Waals surface area contributed by atoms with Crippen LogP contribution in [0.5, 0.6) is 0 Å². The Morgan fingerprint density at radius 2 is 0.559 bits per heavy atom. The van der Waals surface area contributed by atoms with Crippen LogP contribution >= 0.6 is 45.6 Å². The standard InChI is InChI=1S/C4H13N3.3CH6O6P2/c5-1-3-7-4-2-6;3*2-8(3,4)1-9(5,6)7/h7H,1-6H2;3*1H2,(H2,2,3,4)(H2,5,6,7). The maximum Gasteiger partial charge on any atom is 0.337 e. The molecule has 0 unspecified atom stereocenters. The van der Waals surface area contributed by atoms with Crippen LogP contribution in [0, 0.1) is 0 Å². The fourth-order valence-corrected chi connectivity index (χ4v) is 6.81. The van der Waals surface area contributed by atoms with E-state index in [-0.39, 0.29) is 0 Å². The fraction of sp³-hybridized carbons (Fsp3) is 1.00. The topological polar surface area (TPSA) is 409 Å². The van der Waals surface area contributed by atoms with Crippen molar-refractivity contribution in [3.8, 4) is 0 Å². The summed E-state index contributed by atoms with van der Waals surface area (Å²) in [6.45, 7) is 3.13. The van der Waals surface area contributed by atoms with Crippen molar-refractivity contribution in [1.82, 2.24) is 5.32 Å². The van der Waals surface area contributed by atoms with Crippen LogP contribution < -0.4 is 16.8 Å². The number of rotatable bonds is 10. The summed E-state index contributed by atoms with van der Waals surface area (Å²) in [4.78, 5) is 95.7. The van der Waals surface area contributed by atoms with Crippen LogP contribution in [0.3, 0.4) is 0 Å². The molecule has 0 saturated carbocycles. The lowest BCUT2D eigenvalue weighted by Crippen LogP contribution is -2.27. The van der Waals surface area contributed by atoms with Gasteiger partial charge in [0.05, 0.1) is 0 Å². The van der Waals surface area contributed by atoms with E-state index in [0.29, 0.717) is 13.1 Å². The van der Waals surface area contributed by atoms with Gasteiger partial charge in [-0.15, -0.1) is 0 Å². The van der Waals surface area contributed by atoms with Crippen LogP contribution in [-0.2, 0) is 27.4 Å². The lowest BCUT2D eigenvalue weighted by molar-refractivity contribution is 0.352. The predicted octanol–water partition coefficient (Wildman–Crippen LogP) is -3.61. The average molecular weight is 631 g/mol. The molecule has 0 aliphatic heterocycles. The predicted molar refractivity (Wildman–Crippen MR) is 118 cm³/mol. The minimum atomic E-state index is -4.55. The molecule has 0 rings (SSSR count). The second-order valence-corrected chi connectivity index (χ2v) is 17.1. The van der Waals surface area contributed by atoms with Gasteiger partial charge in [-0.25, -0.2) is 0 Å². The van der Waals surface area contributed by atoms with E-state index in [9.17, 15) is 27.4 Å². The molecule has 212 valence electrons. The second kappa shape index (κ2) is 18.1. The van der Waals surface area contributed by atoms with Gasteiger partial charge in [-0.05, 0) is 0 Å². The van der Waals surface area contributed by atoms with Crippen molar-refractivity contribution in [3.63, 3.8) is 0 Å². The van der Waals surface area contributed by atoms with Crippen LogP contribution in [0.4, 0.5) is 0 Å². The molecule has 27 heteroatoms. The molecule has 21 nitrogen and oxygen atoms in total. The van der Waals surface area contributed by atoms with E-state index in [1.807, 2.05) is 0 Å². The van der Waals surface area contributed by atoms with Crippen molar-refractivity contribution in [2.45, 2.75) is 0 Å². The van der Waals surface area contributed by atoms with Gasteiger partial charge in [0.25, 0.3) is 0 Å². The van der Waals surface area contributed by atoms with Gasteiger partial charge in [0.2, 0.25) is 0 Å². The van der Waals surface area contributed by atoms with Crippen LogP contribution in [0.1, 0.15) is 0 Å². The Bertz CT molecular complexity index is 650. The minimum absolute atomic E-state index is 0.694. The smallest absolute Gasteiger partial charge is 0.329 e. The molecule has 0 amide bonds. The molecule has 17 N–H and O–H groups in total. The number of hydrogen-bond acceptors (Lipinski definition) is 9. The van der Waals surface area contributed by atoms with Gasteiger partial charge in [-0.3, -0.25) is 27.4 Å². The van der Waals surface area contributed by atoms with E-state index in [0.717, 1.165) is 13.1 Å². The van der Waals surface area contributed by atoms with Crippen LogP contribution in [0.2, 0.25) is 0 Å². The van der Waals surface area contributed by atoms with E-state index in [2.05, 4.69) is 5.32 Å². The van der Waals surface area contributed by atoms with E-state index in [4.69, 9.17) is 70.2 Å². The summed E-state index contributed by atoms with van der Waals surface area (Å²) in [5.74, 6) is -4.12. The molecule has 0 fully saturated rings. The van der Waals surface area contributed by atoms with Gasteiger partial charge >= 0.3 is 45.6 Å². The first-order chi connectivity index (χ1) is 14.5. The molecule has 0 aromatic carbocycles. The summed E-state index contributed by atoms with van der Waals surface area (Å²) < 4.78 is 59.1. The van der Waals surface area contributed by atoms with Gasteiger partial charge in [-0.2, -0.15) is 0 Å². The Balaban J connectivity index is -0.000000177. The molecule has 0 atom stereocenters. The zero-order valence-electron chi connectivity index (χ0n) is 17.1. The van der Waals surface area contributed by atoms with Crippen LogP contribution in [0.15, 0.2) is 0 Å². The molecule has 0 aromatic rings. The minimum Gasteiger partial charge on any atom is -0.329 e. The van der Waals surface area contributed by atoms with Crippen LogP contribution in [-0.4, -0.2) is 103 Å². The van der Waals surface area contributed by atoms with Crippen molar-refractivity contribution < 1.29 is 86.1 Å². The summed E-state index contributed by atoms with van der Waals surface area (Å²) in [5.41, 5.74) is 10.3. The summed E-state index contributed by atoms with van der Waals surface area (Å²) in [7, 11) is -27.3. The molecule has 0 saturated heterocycles. The first kappa shape index (κ1) is 41.9. The molecule has 0 heterocycles. The molecule has 0 aromatic heterocycles. The Morgan fingerprint density at radius 3 is 0.618 bits per heavy atom. The van der Waals surface area contributed by atoms with Gasteiger partial charge in [-0.1, -0.05) is 0 Å². The van der Waals surface area contributed by atoms with E-state index < -0.39 is 63.3 Å². The highest BCUT2D eigenvalue weighted by molar-refractivity contribution is 7.70. The number of hydrogen-bond donors (Lipinski definition) is 15. The van der Waals surface area contributed by atoms with Crippen molar-refractivity contribution in [1.29, 1.82) is 0 Å². The third-order valence-electron chi connectivity index (χ3n) is 1.75. The maximum atomic E-state index is 9.85. The van der Waals surface area contributed by atoms with Crippen molar-refractivity contribution >= 4 is 45.6 Å². The highest BCUT2D eigenvalue weighted by atomic mass is 31.2. The van der Waals surface area contributed by atoms with E-state index in [1.165, 1.54) is 0 Å². The van der Waals surface area contributed by atoms with E-state index >= 15 is 0 Å². The average Bonchev–Trinajstić information content (AvgIpc) is 2.37. The Labute approximate surface area is 192 Å². The van der Waals surface area contributed by atoms with Crippen molar-refractivity contribution in [3.05, 3.63) is 0 Å². The number of nitrogens with one attached hydrogen (secondary N) is 1. The fourth-order valence-electron chi connectivity index (χ4n) is 1.05. The third kappa shape index (κ3) is 63.8. The normalized spacial score (nSPS) is 12.9. The first-order valence-electron chi connectivity index (χ1n) is 7.92. The Morgan fingerprint density at radius 1 is 0.412 bits per heavy atom. The third-order valence-corrected chi connectivity index (χ3v) is 10.6. The van der Waals surface area contributed by atoms with Crippen molar-refractivity contribution in [2.24, 2.45) is 11.5 Å². The lowest BCUT2D eigenvalue weighted by Gasteiger charge is -2.03. The Kier molecular flexibility index (Phi) is 22.3. The maximum absolute atomic E-state index is 9.85. The summed E-state index contributed by atoms with van der Waals surface area (Å²) in [6.07, 6.45) is 0. The summed E-state index contributed by atoms with van der Waals surface area (Å²) >= 11 is 0. The van der Waals surface area contributed by atoms with Crippen molar-refractivity contribution in [2.75, 3.05) is 43.9 Å². The SMILES string of the molecule is NCCNCCN.O=P(O)(O)CP(=O)(O)O.O=P(O)(O)CP(=O)(O)O.O=P(O)(O)CP(=O)(O)O. The van der Waals surface area contributed by atoms with Gasteiger partial charge < -0.3 is 75.5 Å². The summed E-state index contributed by atoms with van der Waals surface area (Å²) in [5, 5.41) is 3.03. The molecule has 0 bridgehead atoms. The molecule has 34 heavy (non-hydrogen) atoms. The molecular weight excluding hydrogens is 600 g/mol. The zero-order chi connectivity index (χ0) is 28.7. The molecule has 0 spiro atoms. The molecule has 0 radical (unpaired) electrons. The lowest BCUT2D eigenvalue weighted by atomic mass is 10.6. The highest BCUT2D eigenvalue weighted by Crippen LogP contribution is 2.52. The largest absolute Gasteiger partial charge is 0.337 e. The Hall–Kier alpha value is 0.780. The molecular formula is C7H31N3O18P6. The highest BCUT2D eigenvalue weighted by Gasteiger charge is 2.28. The van der Waals surface area contributed by atoms with Gasteiger partial charge in [0, 0.05) is 26.2 Å². The first-order valence-corrected chi connectivity index (χ1v) is 18.7. The zero-order valence-corrected chi connectivity index (χ0v) is 22.5. The molecule has 0 aliphatic carbocycles. The number of nitrogens with two attached hydrogens (primary N) is 2.